The minimum atomic E-state index is -0.335. The maximum Gasteiger partial charge on any atom is 0.255 e. The highest BCUT2D eigenvalue weighted by Crippen LogP contribution is 2.46. The molecule has 0 aliphatic carbocycles. The molecule has 140 valence electrons. The number of nitrogens with one attached hydrogen (secondary N) is 2. The van der Waals surface area contributed by atoms with E-state index in [0.29, 0.717) is 13.2 Å². The fourth-order valence-electron chi connectivity index (χ4n) is 3.35. The standard InChI is InChI=1S/C19H21N5O2S/c1-19(2)17-13(18(25)24(19)8-9-26-3)11-14(27-17)12-4-6-20-16(10-12)22-15-5-7-21-23-15/h4-7,10-11H,8-9H2,1-3H3,(H2,20,21,22,23). The van der Waals surface area contributed by atoms with Crippen LogP contribution in [-0.2, 0) is 10.3 Å². The lowest BCUT2D eigenvalue weighted by Gasteiger charge is -2.32. The summed E-state index contributed by atoms with van der Waals surface area (Å²) < 4.78 is 5.16. The number of methoxy groups -OCH3 is 1. The molecule has 0 aromatic carbocycles. The molecule has 0 spiro atoms. The van der Waals surface area contributed by atoms with E-state index in [9.17, 15) is 4.79 Å². The van der Waals surface area contributed by atoms with Crippen LogP contribution in [0.3, 0.4) is 0 Å². The van der Waals surface area contributed by atoms with E-state index in [2.05, 4.69) is 34.3 Å². The molecule has 3 aromatic heterocycles. The molecule has 1 amide bonds. The molecule has 0 fully saturated rings. The monoisotopic (exact) mass is 383 g/mol. The lowest BCUT2D eigenvalue weighted by atomic mass is 10.0. The Balaban J connectivity index is 1.63. The van der Waals surface area contributed by atoms with Crippen LogP contribution < -0.4 is 5.32 Å². The molecule has 0 saturated heterocycles. The van der Waals surface area contributed by atoms with Gasteiger partial charge in [0, 0.05) is 35.7 Å². The number of aromatic nitrogens is 3. The van der Waals surface area contributed by atoms with Crippen LogP contribution in [0.5, 0.6) is 0 Å². The Morgan fingerprint density at radius 2 is 2.15 bits per heavy atom. The summed E-state index contributed by atoms with van der Waals surface area (Å²) in [5.41, 5.74) is 1.48. The topological polar surface area (TPSA) is 83.1 Å². The van der Waals surface area contributed by atoms with Gasteiger partial charge in [0.15, 0.2) is 0 Å². The van der Waals surface area contributed by atoms with Crippen molar-refractivity contribution < 1.29 is 9.53 Å². The van der Waals surface area contributed by atoms with Crippen molar-refractivity contribution in [3.63, 3.8) is 0 Å². The van der Waals surface area contributed by atoms with E-state index in [1.54, 1.807) is 30.8 Å². The molecule has 4 heterocycles. The first kappa shape index (κ1) is 17.7. The third-order valence-corrected chi connectivity index (χ3v) is 6.26. The summed E-state index contributed by atoms with van der Waals surface area (Å²) in [4.78, 5) is 21.3. The van der Waals surface area contributed by atoms with Crippen molar-refractivity contribution in [2.24, 2.45) is 0 Å². The largest absolute Gasteiger partial charge is 0.383 e. The van der Waals surface area contributed by atoms with Gasteiger partial charge in [0.05, 0.1) is 23.9 Å². The molecule has 0 unspecified atom stereocenters. The summed E-state index contributed by atoms with van der Waals surface area (Å²) in [6.45, 7) is 5.30. The molecular formula is C19H21N5O2S. The number of fused-ring (bicyclic) bond motifs is 1. The molecule has 0 bridgehead atoms. The molecule has 3 aromatic rings. The minimum Gasteiger partial charge on any atom is -0.383 e. The number of amides is 1. The zero-order valence-corrected chi connectivity index (χ0v) is 16.3. The van der Waals surface area contributed by atoms with Crippen LogP contribution in [0.25, 0.3) is 10.4 Å². The van der Waals surface area contributed by atoms with Crippen LogP contribution in [0.1, 0.15) is 29.1 Å². The van der Waals surface area contributed by atoms with E-state index in [1.807, 2.05) is 29.2 Å². The smallest absolute Gasteiger partial charge is 0.255 e. The number of rotatable bonds is 6. The van der Waals surface area contributed by atoms with Gasteiger partial charge in [-0.05, 0) is 37.6 Å². The summed E-state index contributed by atoms with van der Waals surface area (Å²) in [5, 5.41) is 9.96. The first-order chi connectivity index (χ1) is 13.0. The Kier molecular flexibility index (Phi) is 4.45. The van der Waals surface area contributed by atoms with Gasteiger partial charge in [0.2, 0.25) is 0 Å². The first-order valence-corrected chi connectivity index (χ1v) is 9.50. The number of anilines is 2. The Labute approximate surface area is 161 Å². The summed E-state index contributed by atoms with van der Waals surface area (Å²) in [6.07, 6.45) is 3.44. The summed E-state index contributed by atoms with van der Waals surface area (Å²) >= 11 is 1.66. The molecule has 1 aliphatic heterocycles. The zero-order chi connectivity index (χ0) is 19.0. The van der Waals surface area contributed by atoms with Gasteiger partial charge in [-0.25, -0.2) is 4.98 Å². The van der Waals surface area contributed by atoms with Gasteiger partial charge in [-0.2, -0.15) is 5.10 Å². The molecular weight excluding hydrogens is 362 g/mol. The van der Waals surface area contributed by atoms with Crippen molar-refractivity contribution in [3.05, 3.63) is 47.1 Å². The number of ether oxygens (including phenoxy) is 1. The van der Waals surface area contributed by atoms with Crippen molar-refractivity contribution in [2.75, 3.05) is 25.6 Å². The predicted octanol–water partition coefficient (Wildman–Crippen LogP) is 3.61. The molecule has 0 atom stereocenters. The van der Waals surface area contributed by atoms with Gasteiger partial charge >= 0.3 is 0 Å². The van der Waals surface area contributed by atoms with E-state index in [4.69, 9.17) is 4.74 Å². The van der Waals surface area contributed by atoms with Crippen LogP contribution in [0.4, 0.5) is 11.6 Å². The molecule has 2 N–H and O–H groups in total. The third-order valence-electron chi connectivity index (χ3n) is 4.77. The predicted molar refractivity (Wildman–Crippen MR) is 105 cm³/mol. The molecule has 8 heteroatoms. The highest BCUT2D eigenvalue weighted by molar-refractivity contribution is 7.16. The third kappa shape index (κ3) is 3.11. The summed E-state index contributed by atoms with van der Waals surface area (Å²) in [6, 6.07) is 7.76. The lowest BCUT2D eigenvalue weighted by molar-refractivity contribution is 0.0526. The van der Waals surface area contributed by atoms with Crippen molar-refractivity contribution in [1.29, 1.82) is 0 Å². The highest BCUT2D eigenvalue weighted by atomic mass is 32.1. The number of nitrogens with zero attached hydrogens (tertiary/aromatic N) is 3. The SMILES string of the molecule is COCCN1C(=O)c2cc(-c3ccnc(Nc4ccn[nH]4)c3)sc2C1(C)C. The zero-order valence-electron chi connectivity index (χ0n) is 15.4. The van der Waals surface area contributed by atoms with Crippen molar-refractivity contribution in [1.82, 2.24) is 20.1 Å². The molecule has 7 nitrogen and oxygen atoms in total. The lowest BCUT2D eigenvalue weighted by Crippen LogP contribution is -2.41. The number of carbonyl (C=O) groups excluding carboxylic acids is 1. The van der Waals surface area contributed by atoms with E-state index < -0.39 is 0 Å². The number of hydrogen-bond acceptors (Lipinski definition) is 6. The second-order valence-corrected chi connectivity index (χ2v) is 7.94. The van der Waals surface area contributed by atoms with E-state index in [1.165, 1.54) is 0 Å². The maximum atomic E-state index is 12.9. The average Bonchev–Trinajstić information content (AvgIpc) is 3.34. The number of carbonyl (C=O) groups is 1. The van der Waals surface area contributed by atoms with Crippen LogP contribution in [0, 0.1) is 0 Å². The number of aromatic amines is 1. The molecule has 0 saturated carbocycles. The van der Waals surface area contributed by atoms with Crippen molar-refractivity contribution in [3.8, 4) is 10.4 Å². The Hall–Kier alpha value is -2.71. The summed E-state index contributed by atoms with van der Waals surface area (Å²) in [7, 11) is 1.65. The summed E-state index contributed by atoms with van der Waals surface area (Å²) in [5.74, 6) is 1.57. The van der Waals surface area contributed by atoms with E-state index in [0.717, 1.165) is 32.5 Å². The molecule has 1 aliphatic rings. The maximum absolute atomic E-state index is 12.9. The molecule has 4 rings (SSSR count). The van der Waals surface area contributed by atoms with Gasteiger partial charge < -0.3 is 15.0 Å². The second kappa shape index (κ2) is 6.79. The first-order valence-electron chi connectivity index (χ1n) is 8.69. The van der Waals surface area contributed by atoms with E-state index in [-0.39, 0.29) is 11.4 Å². The quantitative estimate of drug-likeness (QED) is 0.679. The molecule has 27 heavy (non-hydrogen) atoms. The van der Waals surface area contributed by atoms with Gasteiger partial charge in [-0.3, -0.25) is 9.89 Å². The normalized spacial score (nSPS) is 15.2. The highest BCUT2D eigenvalue weighted by Gasteiger charge is 2.44. The average molecular weight is 383 g/mol. The molecule has 0 radical (unpaired) electrons. The number of pyridine rings is 1. The Bertz CT molecular complexity index is 964. The van der Waals surface area contributed by atoms with E-state index >= 15 is 0 Å². The van der Waals surface area contributed by atoms with Crippen LogP contribution >= 0.6 is 11.3 Å². The second-order valence-electron chi connectivity index (χ2n) is 6.89. The van der Waals surface area contributed by atoms with Crippen molar-refractivity contribution >= 4 is 28.9 Å². The number of hydrogen-bond donors (Lipinski definition) is 2. The Morgan fingerprint density at radius 1 is 1.30 bits per heavy atom. The number of thiophene rings is 1. The van der Waals surface area contributed by atoms with Gasteiger partial charge in [-0.1, -0.05) is 0 Å². The Morgan fingerprint density at radius 3 is 2.85 bits per heavy atom. The van der Waals surface area contributed by atoms with Gasteiger partial charge in [0.1, 0.15) is 11.6 Å². The van der Waals surface area contributed by atoms with Crippen LogP contribution in [-0.4, -0.2) is 46.2 Å². The fraction of sp³-hybridized carbons (Fsp3) is 0.316. The minimum absolute atomic E-state index is 0.0689. The van der Waals surface area contributed by atoms with Gasteiger partial charge in [-0.15, -0.1) is 11.3 Å². The van der Waals surface area contributed by atoms with Crippen LogP contribution in [0.2, 0.25) is 0 Å². The van der Waals surface area contributed by atoms with Crippen molar-refractivity contribution in [2.45, 2.75) is 19.4 Å². The van der Waals surface area contributed by atoms with Gasteiger partial charge in [0.25, 0.3) is 5.91 Å². The number of H-pyrrole nitrogens is 1. The van der Waals surface area contributed by atoms with Crippen LogP contribution in [0.15, 0.2) is 36.7 Å². The fourth-order valence-corrected chi connectivity index (χ4v) is 4.61.